The molecule has 0 spiro atoms. The Morgan fingerprint density at radius 1 is 1.23 bits per heavy atom. The van der Waals surface area contributed by atoms with Crippen LogP contribution in [0.15, 0.2) is 6.20 Å². The number of H-pyrrole nitrogens is 1. The lowest BCUT2D eigenvalue weighted by molar-refractivity contribution is -0.141. The standard InChI is InChI=1S/C8H11F3N2/c1-7(2,3)6-12-4-5(13-6)8(9,10)11/h4H,1-3H3,(H,12,13). The zero-order chi connectivity index (χ0) is 10.3. The van der Waals surface area contributed by atoms with Gasteiger partial charge in [0.2, 0.25) is 0 Å². The molecular weight excluding hydrogens is 181 g/mol. The smallest absolute Gasteiger partial charge is 0.348 e. The maximum atomic E-state index is 12.1. The van der Waals surface area contributed by atoms with Gasteiger partial charge >= 0.3 is 6.18 Å². The van der Waals surface area contributed by atoms with Crippen LogP contribution in [0.3, 0.4) is 0 Å². The third-order valence-electron chi connectivity index (χ3n) is 1.58. The van der Waals surface area contributed by atoms with Crippen molar-refractivity contribution in [2.75, 3.05) is 0 Å². The average Bonchev–Trinajstić information content (AvgIpc) is 2.28. The number of alkyl halides is 3. The fourth-order valence-electron chi connectivity index (χ4n) is 0.851. The van der Waals surface area contributed by atoms with Gasteiger partial charge in [0.1, 0.15) is 5.82 Å². The fraction of sp³-hybridized carbons (Fsp3) is 0.625. The Balaban J connectivity index is 3.01. The highest BCUT2D eigenvalue weighted by atomic mass is 19.4. The van der Waals surface area contributed by atoms with Gasteiger partial charge < -0.3 is 4.98 Å². The average molecular weight is 192 g/mol. The van der Waals surface area contributed by atoms with Crippen molar-refractivity contribution in [1.29, 1.82) is 0 Å². The summed E-state index contributed by atoms with van der Waals surface area (Å²) in [4.78, 5) is 5.99. The molecule has 1 rings (SSSR count). The molecule has 0 saturated carbocycles. The van der Waals surface area contributed by atoms with Gasteiger partial charge in [-0.1, -0.05) is 20.8 Å². The van der Waals surface area contributed by atoms with E-state index in [1.807, 2.05) is 0 Å². The van der Waals surface area contributed by atoms with Crippen molar-refractivity contribution in [2.24, 2.45) is 0 Å². The van der Waals surface area contributed by atoms with Crippen LogP contribution < -0.4 is 0 Å². The molecule has 0 radical (unpaired) electrons. The van der Waals surface area contributed by atoms with E-state index in [2.05, 4.69) is 9.97 Å². The van der Waals surface area contributed by atoms with E-state index in [1.165, 1.54) is 0 Å². The van der Waals surface area contributed by atoms with Gasteiger partial charge in [-0.2, -0.15) is 13.2 Å². The molecule has 13 heavy (non-hydrogen) atoms. The molecule has 0 amide bonds. The zero-order valence-electron chi connectivity index (χ0n) is 7.66. The molecule has 5 heteroatoms. The molecule has 0 aliphatic rings. The van der Waals surface area contributed by atoms with E-state index < -0.39 is 11.9 Å². The summed E-state index contributed by atoms with van der Waals surface area (Å²) in [6.45, 7) is 5.39. The Morgan fingerprint density at radius 2 is 1.77 bits per heavy atom. The van der Waals surface area contributed by atoms with Gasteiger partial charge in [0.25, 0.3) is 0 Å². The summed E-state index contributed by atoms with van der Waals surface area (Å²) in [7, 11) is 0. The van der Waals surface area contributed by atoms with Gasteiger partial charge in [-0.25, -0.2) is 4.98 Å². The molecule has 0 aromatic carbocycles. The molecule has 1 N–H and O–H groups in total. The molecule has 0 bridgehead atoms. The lowest BCUT2D eigenvalue weighted by Gasteiger charge is -2.13. The number of rotatable bonds is 0. The molecule has 0 saturated heterocycles. The molecule has 0 fully saturated rings. The van der Waals surface area contributed by atoms with E-state index in [4.69, 9.17) is 0 Å². The van der Waals surface area contributed by atoms with Crippen molar-refractivity contribution in [1.82, 2.24) is 9.97 Å². The Bertz CT molecular complexity index is 265. The van der Waals surface area contributed by atoms with Crippen molar-refractivity contribution >= 4 is 0 Å². The Hall–Kier alpha value is -1.00. The first kappa shape index (κ1) is 10.1. The number of nitrogens with one attached hydrogen (secondary N) is 1. The first-order valence-electron chi connectivity index (χ1n) is 3.84. The van der Waals surface area contributed by atoms with Crippen LogP contribution in [0.4, 0.5) is 13.2 Å². The second kappa shape index (κ2) is 2.75. The highest BCUT2D eigenvalue weighted by Crippen LogP contribution is 2.29. The first-order valence-corrected chi connectivity index (χ1v) is 3.84. The fourth-order valence-corrected chi connectivity index (χ4v) is 0.851. The highest BCUT2D eigenvalue weighted by Gasteiger charge is 2.34. The van der Waals surface area contributed by atoms with Crippen LogP contribution in [-0.4, -0.2) is 9.97 Å². The number of aromatic amines is 1. The van der Waals surface area contributed by atoms with Gasteiger partial charge in [0.15, 0.2) is 5.69 Å². The third kappa shape index (κ3) is 2.23. The lowest BCUT2D eigenvalue weighted by Crippen LogP contribution is -2.14. The lowest BCUT2D eigenvalue weighted by atomic mass is 9.96. The number of imidazole rings is 1. The van der Waals surface area contributed by atoms with Crippen molar-refractivity contribution in [3.63, 3.8) is 0 Å². The van der Waals surface area contributed by atoms with Crippen LogP contribution in [0.2, 0.25) is 0 Å². The van der Waals surface area contributed by atoms with Crippen molar-refractivity contribution in [2.45, 2.75) is 32.4 Å². The van der Waals surface area contributed by atoms with Crippen molar-refractivity contribution < 1.29 is 13.2 Å². The van der Waals surface area contributed by atoms with Crippen LogP contribution in [0.5, 0.6) is 0 Å². The third-order valence-corrected chi connectivity index (χ3v) is 1.58. The number of halogens is 3. The maximum absolute atomic E-state index is 12.1. The summed E-state index contributed by atoms with van der Waals surface area (Å²) in [5, 5.41) is 0. The number of hydrogen-bond donors (Lipinski definition) is 1. The van der Waals surface area contributed by atoms with E-state index in [0.29, 0.717) is 5.82 Å². The normalized spacial score (nSPS) is 13.4. The number of nitrogens with zero attached hydrogens (tertiary/aromatic N) is 1. The van der Waals surface area contributed by atoms with E-state index >= 15 is 0 Å². The Labute approximate surface area is 74.2 Å². The molecule has 0 atom stereocenters. The summed E-state index contributed by atoms with van der Waals surface area (Å²) >= 11 is 0. The molecular formula is C8H11F3N2. The molecule has 0 aliphatic heterocycles. The summed E-state index contributed by atoms with van der Waals surface area (Å²) < 4.78 is 36.3. The SMILES string of the molecule is CC(C)(C)c1nc(C(F)(F)F)c[nH]1. The molecule has 2 nitrogen and oxygen atoms in total. The maximum Gasteiger partial charge on any atom is 0.434 e. The minimum Gasteiger partial charge on any atom is -0.348 e. The predicted octanol–water partition coefficient (Wildman–Crippen LogP) is 2.73. The molecule has 0 unspecified atom stereocenters. The van der Waals surface area contributed by atoms with Crippen LogP contribution in [0.1, 0.15) is 32.3 Å². The van der Waals surface area contributed by atoms with Gasteiger partial charge in [-0.15, -0.1) is 0 Å². The van der Waals surface area contributed by atoms with E-state index in [9.17, 15) is 13.2 Å². The van der Waals surface area contributed by atoms with Gasteiger partial charge in [-0.3, -0.25) is 0 Å². The number of hydrogen-bond acceptors (Lipinski definition) is 1. The monoisotopic (exact) mass is 192 g/mol. The van der Waals surface area contributed by atoms with Crippen LogP contribution >= 0.6 is 0 Å². The van der Waals surface area contributed by atoms with Crippen molar-refractivity contribution in [3.05, 3.63) is 17.7 Å². The summed E-state index contributed by atoms with van der Waals surface area (Å²) in [5.41, 5.74) is -1.25. The van der Waals surface area contributed by atoms with Crippen molar-refractivity contribution in [3.8, 4) is 0 Å². The van der Waals surface area contributed by atoms with E-state index in [1.54, 1.807) is 20.8 Å². The molecule has 0 aliphatic carbocycles. The largest absolute Gasteiger partial charge is 0.434 e. The Morgan fingerprint density at radius 3 is 2.00 bits per heavy atom. The van der Waals surface area contributed by atoms with E-state index in [0.717, 1.165) is 6.20 Å². The topological polar surface area (TPSA) is 28.7 Å². The highest BCUT2D eigenvalue weighted by molar-refractivity contribution is 5.10. The predicted molar refractivity (Wildman–Crippen MR) is 42.3 cm³/mol. The van der Waals surface area contributed by atoms with Gasteiger partial charge in [0, 0.05) is 11.6 Å². The number of aromatic nitrogens is 2. The molecule has 1 heterocycles. The molecule has 1 aromatic rings. The van der Waals surface area contributed by atoms with E-state index in [-0.39, 0.29) is 5.41 Å². The van der Waals surface area contributed by atoms with Gasteiger partial charge in [0.05, 0.1) is 0 Å². The first-order chi connectivity index (χ1) is 5.71. The molecule has 1 aromatic heterocycles. The van der Waals surface area contributed by atoms with Gasteiger partial charge in [-0.05, 0) is 0 Å². The van der Waals surface area contributed by atoms with Crippen LogP contribution in [-0.2, 0) is 11.6 Å². The summed E-state index contributed by atoms with van der Waals surface area (Å²) in [6.07, 6.45) is -3.47. The second-order valence-corrected chi connectivity index (χ2v) is 3.88. The quantitative estimate of drug-likeness (QED) is 0.672. The minimum absolute atomic E-state index is 0.347. The summed E-state index contributed by atoms with van der Waals surface area (Å²) in [5.74, 6) is 0.347. The minimum atomic E-state index is -4.36. The molecule has 74 valence electrons. The summed E-state index contributed by atoms with van der Waals surface area (Å²) in [6, 6.07) is 0. The Kier molecular flexibility index (Phi) is 2.13. The second-order valence-electron chi connectivity index (χ2n) is 3.88. The zero-order valence-corrected chi connectivity index (χ0v) is 7.66. The van der Waals surface area contributed by atoms with Crippen LogP contribution in [0, 0.1) is 0 Å². The van der Waals surface area contributed by atoms with Crippen LogP contribution in [0.25, 0.3) is 0 Å².